The van der Waals surface area contributed by atoms with Gasteiger partial charge in [-0.3, -0.25) is 9.59 Å². The number of amides is 1. The Labute approximate surface area is 173 Å². The largest absolute Gasteiger partial charge is 0.496 e. The molecule has 1 atom stereocenters. The minimum Gasteiger partial charge on any atom is -0.496 e. The van der Waals surface area contributed by atoms with Crippen molar-refractivity contribution in [1.29, 1.82) is 0 Å². The van der Waals surface area contributed by atoms with E-state index in [0.29, 0.717) is 30.7 Å². The molecule has 0 saturated heterocycles. The average molecular weight is 398 g/mol. The molecular formula is C24H31NO4. The number of carboxylic acid groups (broad SMARTS) is 1. The van der Waals surface area contributed by atoms with Crippen LogP contribution in [0.15, 0.2) is 42.5 Å². The van der Waals surface area contributed by atoms with Gasteiger partial charge in [0.25, 0.3) is 5.91 Å². The van der Waals surface area contributed by atoms with Gasteiger partial charge in [-0.15, -0.1) is 0 Å². The topological polar surface area (TPSA) is 75.6 Å². The molecule has 0 aliphatic heterocycles. The number of hydrogen-bond donors (Lipinski definition) is 2. The molecule has 0 radical (unpaired) electrons. The fourth-order valence-corrected chi connectivity index (χ4v) is 3.19. The molecule has 0 aliphatic rings. The van der Waals surface area contributed by atoms with Gasteiger partial charge in [0.1, 0.15) is 5.75 Å². The van der Waals surface area contributed by atoms with Crippen LogP contribution < -0.4 is 10.1 Å². The molecule has 5 nitrogen and oxygen atoms in total. The van der Waals surface area contributed by atoms with E-state index < -0.39 is 11.9 Å². The van der Waals surface area contributed by atoms with E-state index in [9.17, 15) is 14.7 Å². The van der Waals surface area contributed by atoms with E-state index in [1.807, 2.05) is 49.4 Å². The lowest BCUT2D eigenvalue weighted by Crippen LogP contribution is -2.23. The van der Waals surface area contributed by atoms with E-state index in [1.165, 1.54) is 5.56 Å². The van der Waals surface area contributed by atoms with Crippen molar-refractivity contribution in [2.45, 2.75) is 52.5 Å². The Kier molecular flexibility index (Phi) is 7.43. The second kappa shape index (κ2) is 9.59. The molecule has 0 aliphatic carbocycles. The molecule has 0 fully saturated rings. The summed E-state index contributed by atoms with van der Waals surface area (Å²) in [5, 5.41) is 12.2. The molecule has 0 heterocycles. The fourth-order valence-electron chi connectivity index (χ4n) is 3.19. The quantitative estimate of drug-likeness (QED) is 0.684. The van der Waals surface area contributed by atoms with Crippen LogP contribution in [0.2, 0.25) is 0 Å². The third kappa shape index (κ3) is 6.08. The predicted molar refractivity (Wildman–Crippen MR) is 114 cm³/mol. The molecule has 0 unspecified atom stereocenters. The highest BCUT2D eigenvalue weighted by molar-refractivity contribution is 5.94. The average Bonchev–Trinajstić information content (AvgIpc) is 2.69. The van der Waals surface area contributed by atoms with Gasteiger partial charge >= 0.3 is 5.97 Å². The van der Waals surface area contributed by atoms with Crippen molar-refractivity contribution in [1.82, 2.24) is 5.32 Å². The van der Waals surface area contributed by atoms with Gasteiger partial charge in [-0.1, -0.05) is 52.0 Å². The summed E-state index contributed by atoms with van der Waals surface area (Å²) in [6.07, 6.45) is 1.02. The van der Waals surface area contributed by atoms with Gasteiger partial charge < -0.3 is 15.2 Å². The Morgan fingerprint density at radius 1 is 1.10 bits per heavy atom. The first-order valence-electron chi connectivity index (χ1n) is 9.93. The second-order valence-electron chi connectivity index (χ2n) is 8.30. The van der Waals surface area contributed by atoms with Crippen LogP contribution in [0.25, 0.3) is 0 Å². The van der Waals surface area contributed by atoms with Crippen molar-refractivity contribution in [3.05, 3.63) is 64.7 Å². The highest BCUT2D eigenvalue weighted by atomic mass is 16.5. The Balaban J connectivity index is 2.11. The van der Waals surface area contributed by atoms with Gasteiger partial charge in [-0.05, 0) is 47.6 Å². The molecule has 29 heavy (non-hydrogen) atoms. The third-order valence-electron chi connectivity index (χ3n) is 5.12. The van der Waals surface area contributed by atoms with E-state index in [4.69, 9.17) is 4.74 Å². The first-order valence-corrected chi connectivity index (χ1v) is 9.93. The van der Waals surface area contributed by atoms with Crippen molar-refractivity contribution < 1.29 is 19.4 Å². The summed E-state index contributed by atoms with van der Waals surface area (Å²) in [5.41, 5.74) is 3.55. The molecule has 0 spiro atoms. The van der Waals surface area contributed by atoms with Crippen LogP contribution in [0.1, 0.15) is 61.2 Å². The van der Waals surface area contributed by atoms with Gasteiger partial charge in [-0.25, -0.2) is 0 Å². The SMILES string of the molecule is CC[C@H](Cc1ccc(OC)c(CNC(=O)c2ccc(C(C)(C)C)cc2)c1)C(=O)O. The highest BCUT2D eigenvalue weighted by Gasteiger charge is 2.17. The summed E-state index contributed by atoms with van der Waals surface area (Å²) in [6, 6.07) is 13.2. The molecular weight excluding hydrogens is 366 g/mol. The number of methoxy groups -OCH3 is 1. The molecule has 156 valence electrons. The van der Waals surface area contributed by atoms with Crippen LogP contribution >= 0.6 is 0 Å². The number of carbonyl (C=O) groups excluding carboxylic acids is 1. The minimum atomic E-state index is -0.795. The van der Waals surface area contributed by atoms with Crippen molar-refractivity contribution in [2.75, 3.05) is 7.11 Å². The van der Waals surface area contributed by atoms with E-state index >= 15 is 0 Å². The van der Waals surface area contributed by atoms with Crippen molar-refractivity contribution in [2.24, 2.45) is 5.92 Å². The molecule has 1 amide bonds. The third-order valence-corrected chi connectivity index (χ3v) is 5.12. The van der Waals surface area contributed by atoms with Crippen molar-refractivity contribution >= 4 is 11.9 Å². The highest BCUT2D eigenvalue weighted by Crippen LogP contribution is 2.24. The zero-order valence-corrected chi connectivity index (χ0v) is 17.9. The first-order chi connectivity index (χ1) is 13.7. The molecule has 0 aromatic heterocycles. The number of ether oxygens (including phenoxy) is 1. The van der Waals surface area contributed by atoms with E-state index in [-0.39, 0.29) is 11.3 Å². The summed E-state index contributed by atoms with van der Waals surface area (Å²) in [6.45, 7) is 8.58. The van der Waals surface area contributed by atoms with Crippen LogP contribution in [0, 0.1) is 5.92 Å². The van der Waals surface area contributed by atoms with Gasteiger partial charge in [0.15, 0.2) is 0 Å². The molecule has 2 rings (SSSR count). The summed E-state index contributed by atoms with van der Waals surface area (Å²) in [4.78, 5) is 23.9. The second-order valence-corrected chi connectivity index (χ2v) is 8.30. The normalized spacial score (nSPS) is 12.3. The zero-order valence-electron chi connectivity index (χ0n) is 17.9. The molecule has 2 aromatic carbocycles. The van der Waals surface area contributed by atoms with Crippen LogP contribution in [-0.4, -0.2) is 24.1 Å². The number of rotatable bonds is 8. The molecule has 2 N–H and O–H groups in total. The lowest BCUT2D eigenvalue weighted by atomic mass is 9.87. The van der Waals surface area contributed by atoms with Crippen LogP contribution in [0.3, 0.4) is 0 Å². The summed E-state index contributed by atoms with van der Waals surface area (Å²) in [5.74, 6) is -0.709. The Bertz CT molecular complexity index is 850. The number of carboxylic acids is 1. The van der Waals surface area contributed by atoms with Gasteiger partial charge in [0.2, 0.25) is 0 Å². The van der Waals surface area contributed by atoms with Crippen molar-refractivity contribution in [3.63, 3.8) is 0 Å². The minimum absolute atomic E-state index is 0.0368. The predicted octanol–water partition coefficient (Wildman–Crippen LogP) is 4.58. The Morgan fingerprint density at radius 2 is 1.76 bits per heavy atom. The van der Waals surface area contributed by atoms with Gasteiger partial charge in [0.05, 0.1) is 13.0 Å². The van der Waals surface area contributed by atoms with Crippen LogP contribution in [-0.2, 0) is 23.2 Å². The maximum atomic E-state index is 12.5. The maximum absolute atomic E-state index is 12.5. The Hall–Kier alpha value is -2.82. The number of benzene rings is 2. The molecule has 0 saturated carbocycles. The lowest BCUT2D eigenvalue weighted by Gasteiger charge is -2.19. The summed E-state index contributed by atoms with van der Waals surface area (Å²) in [7, 11) is 1.58. The Morgan fingerprint density at radius 3 is 2.28 bits per heavy atom. The van der Waals surface area contributed by atoms with E-state index in [2.05, 4.69) is 26.1 Å². The van der Waals surface area contributed by atoms with E-state index in [1.54, 1.807) is 7.11 Å². The zero-order chi connectivity index (χ0) is 21.6. The van der Waals surface area contributed by atoms with E-state index in [0.717, 1.165) is 11.1 Å². The van der Waals surface area contributed by atoms with Gasteiger partial charge in [0, 0.05) is 17.7 Å². The fraction of sp³-hybridized carbons (Fsp3) is 0.417. The monoisotopic (exact) mass is 397 g/mol. The van der Waals surface area contributed by atoms with Crippen LogP contribution in [0.4, 0.5) is 0 Å². The first kappa shape index (κ1) is 22.5. The summed E-state index contributed by atoms with van der Waals surface area (Å²) >= 11 is 0. The molecule has 5 heteroatoms. The standard InChI is InChI=1S/C24H31NO4/c1-6-17(23(27)28)13-16-7-12-21(29-5)19(14-16)15-25-22(26)18-8-10-20(11-9-18)24(2,3)4/h7-12,14,17H,6,13,15H2,1-5H3,(H,25,26)(H,27,28)/t17-/m1/s1. The van der Waals surface area contributed by atoms with Crippen molar-refractivity contribution in [3.8, 4) is 5.75 Å². The molecule has 2 aromatic rings. The number of hydrogen-bond acceptors (Lipinski definition) is 3. The smallest absolute Gasteiger partial charge is 0.306 e. The number of nitrogens with one attached hydrogen (secondary N) is 1. The maximum Gasteiger partial charge on any atom is 0.306 e. The molecule has 0 bridgehead atoms. The van der Waals surface area contributed by atoms with Crippen LogP contribution in [0.5, 0.6) is 5.75 Å². The van der Waals surface area contributed by atoms with Gasteiger partial charge in [-0.2, -0.15) is 0 Å². The summed E-state index contributed by atoms with van der Waals surface area (Å²) < 4.78 is 5.40. The lowest BCUT2D eigenvalue weighted by molar-refractivity contribution is -0.141. The number of carbonyl (C=O) groups is 2. The number of aliphatic carboxylic acids is 1.